The van der Waals surface area contributed by atoms with Gasteiger partial charge in [-0.25, -0.2) is 5.09 Å². The topological polar surface area (TPSA) is 75.6 Å². The van der Waals surface area contributed by atoms with Gasteiger partial charge in [-0.1, -0.05) is 91.0 Å². The number of nitrogens with one attached hydrogen (secondary N) is 1. The van der Waals surface area contributed by atoms with Crippen molar-refractivity contribution in [2.24, 2.45) is 0 Å². The Labute approximate surface area is 222 Å². The van der Waals surface area contributed by atoms with E-state index in [-0.39, 0.29) is 5.56 Å². The Morgan fingerprint density at radius 1 is 0.737 bits per heavy atom. The van der Waals surface area contributed by atoms with Crippen LogP contribution < -0.4 is 20.4 Å². The van der Waals surface area contributed by atoms with Crippen LogP contribution >= 0.6 is 7.29 Å². The first-order chi connectivity index (χ1) is 18.5. The third-order valence-corrected chi connectivity index (χ3v) is 9.37. The summed E-state index contributed by atoms with van der Waals surface area (Å²) in [6, 6.07) is 37.5. The van der Waals surface area contributed by atoms with Gasteiger partial charge in [0.05, 0.1) is 18.7 Å². The van der Waals surface area contributed by atoms with E-state index in [9.17, 15) is 14.5 Å². The second kappa shape index (κ2) is 11.2. The summed E-state index contributed by atoms with van der Waals surface area (Å²) in [4.78, 5) is 13.8. The summed E-state index contributed by atoms with van der Waals surface area (Å²) in [5.74, 6) is -0.164. The fraction of sp³-hybridized carbons (Fsp3) is 0.0938. The molecule has 2 atom stereocenters. The van der Waals surface area contributed by atoms with Crippen molar-refractivity contribution in [1.82, 2.24) is 5.09 Å². The molecule has 0 aliphatic carbocycles. The molecule has 2 unspecified atom stereocenters. The van der Waals surface area contributed by atoms with E-state index in [1.807, 2.05) is 78.9 Å². The van der Waals surface area contributed by atoms with Crippen molar-refractivity contribution in [3.05, 3.63) is 139 Å². The predicted molar refractivity (Wildman–Crippen MR) is 153 cm³/mol. The number of benzene rings is 5. The first-order valence-electron chi connectivity index (χ1n) is 12.3. The summed E-state index contributed by atoms with van der Waals surface area (Å²) in [5, 5.41) is 18.0. The second-order valence-corrected chi connectivity index (χ2v) is 11.5. The van der Waals surface area contributed by atoms with E-state index < -0.39 is 25.2 Å². The van der Waals surface area contributed by atoms with E-state index >= 15 is 0 Å². The van der Waals surface area contributed by atoms with E-state index in [1.165, 1.54) is 7.11 Å². The Morgan fingerprint density at radius 3 is 1.95 bits per heavy atom. The third-order valence-electron chi connectivity index (χ3n) is 6.68. The number of carbonyl (C=O) groups is 1. The number of methoxy groups -OCH3 is 1. The van der Waals surface area contributed by atoms with Crippen LogP contribution in [0.15, 0.2) is 127 Å². The summed E-state index contributed by atoms with van der Waals surface area (Å²) in [5.41, 5.74) is 0.926. The number of para-hydroxylation sites is 1. The zero-order valence-corrected chi connectivity index (χ0v) is 21.8. The Morgan fingerprint density at radius 2 is 1.29 bits per heavy atom. The van der Waals surface area contributed by atoms with Gasteiger partial charge in [-0.15, -0.1) is 0 Å². The molecule has 5 rings (SSSR count). The van der Waals surface area contributed by atoms with Crippen LogP contribution in [0.25, 0.3) is 10.8 Å². The minimum atomic E-state index is -3.52. The van der Waals surface area contributed by atoms with Gasteiger partial charge in [-0.2, -0.15) is 0 Å². The minimum absolute atomic E-state index is 0.254. The second-order valence-electron chi connectivity index (χ2n) is 8.96. The zero-order chi connectivity index (χ0) is 26.5. The van der Waals surface area contributed by atoms with Gasteiger partial charge in [-0.3, -0.25) is 9.36 Å². The molecule has 0 aliphatic heterocycles. The number of carbonyl (C=O) groups excluding carboxylic acids is 1. The highest BCUT2D eigenvalue weighted by molar-refractivity contribution is 7.76. The molecule has 190 valence electrons. The lowest BCUT2D eigenvalue weighted by atomic mass is 9.92. The van der Waals surface area contributed by atoms with Crippen LogP contribution in [0.4, 0.5) is 0 Å². The van der Waals surface area contributed by atoms with Gasteiger partial charge in [0.2, 0.25) is 7.29 Å². The lowest BCUT2D eigenvalue weighted by molar-refractivity contribution is 0.0677. The molecule has 0 amide bonds. The molecule has 0 aromatic heterocycles. The number of ketones is 1. The molecule has 0 fully saturated rings. The van der Waals surface area contributed by atoms with Crippen molar-refractivity contribution in [3.63, 3.8) is 0 Å². The van der Waals surface area contributed by atoms with Gasteiger partial charge in [0.1, 0.15) is 11.9 Å². The van der Waals surface area contributed by atoms with Crippen molar-refractivity contribution in [3.8, 4) is 5.75 Å². The Hall–Kier alpha value is -4.02. The quantitative estimate of drug-likeness (QED) is 0.194. The molecule has 0 radical (unpaired) electrons. The normalized spacial score (nSPS) is 13.1. The molecule has 38 heavy (non-hydrogen) atoms. The minimum Gasteiger partial charge on any atom is -0.496 e. The van der Waals surface area contributed by atoms with Crippen molar-refractivity contribution in [2.75, 3.05) is 7.11 Å². The number of aliphatic hydroxyl groups is 1. The molecular weight excluding hydrogens is 493 g/mol. The molecule has 0 saturated heterocycles. The maximum absolute atomic E-state index is 15.0. The number of Topliss-reactive ketones (excluding diaryl/α,β-unsaturated/α-hetero) is 1. The number of aliphatic hydroxyl groups excluding tert-OH is 1. The summed E-state index contributed by atoms with van der Waals surface area (Å²) in [6.45, 7) is 0. The summed E-state index contributed by atoms with van der Waals surface area (Å²) >= 11 is 0. The van der Waals surface area contributed by atoms with Crippen LogP contribution in [-0.2, 0) is 4.57 Å². The maximum Gasteiger partial charge on any atom is 0.205 e. The molecule has 5 nitrogen and oxygen atoms in total. The van der Waals surface area contributed by atoms with Crippen LogP contribution in [0.3, 0.4) is 0 Å². The predicted octanol–water partition coefficient (Wildman–Crippen LogP) is 5.65. The van der Waals surface area contributed by atoms with Gasteiger partial charge in [0.25, 0.3) is 0 Å². The molecule has 2 N–H and O–H groups in total. The fourth-order valence-corrected chi connectivity index (χ4v) is 7.21. The van der Waals surface area contributed by atoms with Crippen LogP contribution in [0.5, 0.6) is 5.75 Å². The third kappa shape index (κ3) is 4.92. The van der Waals surface area contributed by atoms with E-state index in [1.54, 1.807) is 48.5 Å². The largest absolute Gasteiger partial charge is 0.496 e. The number of rotatable bonds is 9. The molecule has 5 aromatic carbocycles. The van der Waals surface area contributed by atoms with Crippen molar-refractivity contribution >= 4 is 34.5 Å². The molecule has 5 aromatic rings. The maximum atomic E-state index is 15.0. The number of fused-ring (bicyclic) bond motifs is 1. The SMILES string of the molecule is COc1ccccc1C(=O)C(O)C(NP(=O)(c1ccccc1)c1ccccc1)c1cccc2ccccc12. The van der Waals surface area contributed by atoms with Crippen LogP contribution in [-0.4, -0.2) is 24.1 Å². The highest BCUT2D eigenvalue weighted by Crippen LogP contribution is 2.44. The summed E-state index contributed by atoms with van der Waals surface area (Å²) in [6.07, 6.45) is -1.56. The lowest BCUT2D eigenvalue weighted by Crippen LogP contribution is -2.40. The zero-order valence-electron chi connectivity index (χ0n) is 20.9. The average Bonchev–Trinajstić information content (AvgIpc) is 2.99. The molecule has 0 bridgehead atoms. The van der Waals surface area contributed by atoms with Crippen LogP contribution in [0, 0.1) is 0 Å². The highest BCUT2D eigenvalue weighted by atomic mass is 31.2. The number of hydrogen-bond acceptors (Lipinski definition) is 4. The molecular formula is C32H28NO4P. The van der Waals surface area contributed by atoms with Gasteiger partial charge in [0, 0.05) is 10.6 Å². The van der Waals surface area contributed by atoms with Crippen molar-refractivity contribution in [1.29, 1.82) is 0 Å². The van der Waals surface area contributed by atoms with Crippen LogP contribution in [0.1, 0.15) is 22.0 Å². The molecule has 0 heterocycles. The Bertz CT molecular complexity index is 1560. The monoisotopic (exact) mass is 521 g/mol. The molecule has 0 spiro atoms. The summed E-state index contributed by atoms with van der Waals surface area (Å²) < 4.78 is 20.4. The van der Waals surface area contributed by atoms with E-state index in [0.717, 1.165) is 10.8 Å². The number of hydrogen-bond donors (Lipinski definition) is 2. The van der Waals surface area contributed by atoms with Gasteiger partial charge in [-0.05, 0) is 52.7 Å². The van der Waals surface area contributed by atoms with Gasteiger partial charge in [0.15, 0.2) is 5.78 Å². The van der Waals surface area contributed by atoms with Gasteiger partial charge >= 0.3 is 0 Å². The van der Waals surface area contributed by atoms with E-state index in [0.29, 0.717) is 21.9 Å². The smallest absolute Gasteiger partial charge is 0.205 e. The van der Waals surface area contributed by atoms with E-state index in [2.05, 4.69) is 5.09 Å². The lowest BCUT2D eigenvalue weighted by Gasteiger charge is -2.31. The Kier molecular flexibility index (Phi) is 7.52. The van der Waals surface area contributed by atoms with Crippen molar-refractivity contribution < 1.29 is 19.2 Å². The first kappa shape index (κ1) is 25.6. The molecule has 0 saturated carbocycles. The summed E-state index contributed by atoms with van der Waals surface area (Å²) in [7, 11) is -2.04. The Balaban J connectivity index is 1.69. The number of ether oxygens (including phenoxy) is 1. The fourth-order valence-electron chi connectivity index (χ4n) is 4.76. The molecule has 6 heteroatoms. The highest BCUT2D eigenvalue weighted by Gasteiger charge is 2.38. The van der Waals surface area contributed by atoms with Gasteiger partial charge < -0.3 is 9.84 Å². The van der Waals surface area contributed by atoms with Crippen LogP contribution in [0.2, 0.25) is 0 Å². The molecule has 0 aliphatic rings. The first-order valence-corrected chi connectivity index (χ1v) is 14.1. The average molecular weight is 522 g/mol. The standard InChI is InChI=1S/C32H28NO4P/c1-37-29-22-11-10-20-28(29)31(34)32(35)30(27-21-12-14-23-13-8-9-19-26(23)27)33-38(36,24-15-4-2-5-16-24)25-17-6-3-7-18-25/h2-22,30,32,35H,1H3,(H,33,36). The van der Waals surface area contributed by atoms with Crippen molar-refractivity contribution in [2.45, 2.75) is 12.1 Å². The van der Waals surface area contributed by atoms with E-state index in [4.69, 9.17) is 4.74 Å².